The average molecular weight is 330 g/mol. The van der Waals surface area contributed by atoms with Crippen molar-refractivity contribution in [2.75, 3.05) is 26.2 Å². The van der Waals surface area contributed by atoms with E-state index in [0.717, 1.165) is 13.1 Å². The Morgan fingerprint density at radius 2 is 2.37 bits per heavy atom. The zero-order valence-corrected chi connectivity index (χ0v) is 12.5. The summed E-state index contributed by atoms with van der Waals surface area (Å²) in [4.78, 5) is 14.3. The molecule has 0 radical (unpaired) electrons. The number of rotatable bonds is 4. The maximum Gasteiger partial charge on any atom is 0.167 e. The van der Waals surface area contributed by atoms with Gasteiger partial charge >= 0.3 is 0 Å². The molecule has 1 aromatic carbocycles. The highest BCUT2D eigenvalue weighted by atomic mass is 79.9. The van der Waals surface area contributed by atoms with Crippen molar-refractivity contribution in [3.8, 4) is 0 Å². The summed E-state index contributed by atoms with van der Waals surface area (Å²) < 4.78 is 19.8. The van der Waals surface area contributed by atoms with Crippen LogP contribution in [-0.4, -0.2) is 43.0 Å². The van der Waals surface area contributed by atoms with Gasteiger partial charge in [-0.1, -0.05) is 28.9 Å². The molecule has 0 amide bonds. The highest BCUT2D eigenvalue weighted by Gasteiger charge is 2.26. The van der Waals surface area contributed by atoms with Gasteiger partial charge in [-0.3, -0.25) is 9.69 Å². The molecule has 104 valence electrons. The number of halogens is 2. The molecule has 3 nitrogen and oxygen atoms in total. The number of likely N-dealkylation sites (N-methyl/N-ethyl adjacent to an activating group) is 1. The molecule has 0 aliphatic carbocycles. The van der Waals surface area contributed by atoms with E-state index in [4.69, 9.17) is 4.74 Å². The van der Waals surface area contributed by atoms with E-state index in [1.807, 2.05) is 0 Å². The molecule has 1 saturated heterocycles. The van der Waals surface area contributed by atoms with Crippen molar-refractivity contribution in [1.82, 2.24) is 4.90 Å². The molecular weight excluding hydrogens is 313 g/mol. The van der Waals surface area contributed by atoms with Gasteiger partial charge in [-0.15, -0.1) is 0 Å². The van der Waals surface area contributed by atoms with Crippen molar-refractivity contribution in [2.45, 2.75) is 19.4 Å². The molecule has 1 unspecified atom stereocenters. The smallest absolute Gasteiger partial charge is 0.167 e. The summed E-state index contributed by atoms with van der Waals surface area (Å²) in [6.45, 7) is 4.98. The Morgan fingerprint density at radius 1 is 1.58 bits per heavy atom. The number of benzene rings is 1. The van der Waals surface area contributed by atoms with Crippen molar-refractivity contribution in [1.29, 1.82) is 0 Å². The van der Waals surface area contributed by atoms with Crippen molar-refractivity contribution in [3.05, 3.63) is 34.1 Å². The SMILES string of the molecule is CCN1CCOC(C(=O)Cc2ccc(Br)cc2F)C1. The Balaban J connectivity index is 2.00. The molecule has 2 rings (SSSR count). The largest absolute Gasteiger partial charge is 0.368 e. The van der Waals surface area contributed by atoms with Crippen LogP contribution in [0.2, 0.25) is 0 Å². The summed E-state index contributed by atoms with van der Waals surface area (Å²) in [5.74, 6) is -0.412. The van der Waals surface area contributed by atoms with Crippen LogP contribution >= 0.6 is 15.9 Å². The maximum absolute atomic E-state index is 13.7. The third-order valence-electron chi connectivity index (χ3n) is 3.34. The summed E-state index contributed by atoms with van der Waals surface area (Å²) in [7, 11) is 0. The molecule has 0 spiro atoms. The van der Waals surface area contributed by atoms with Crippen LogP contribution in [0.5, 0.6) is 0 Å². The minimum Gasteiger partial charge on any atom is -0.368 e. The standard InChI is InChI=1S/C14H17BrFNO2/c1-2-17-5-6-19-14(9-17)13(18)7-10-3-4-11(15)8-12(10)16/h3-4,8,14H,2,5-7,9H2,1H3. The minimum atomic E-state index is -0.434. The van der Waals surface area contributed by atoms with E-state index in [1.54, 1.807) is 12.1 Å². The highest BCUT2D eigenvalue weighted by molar-refractivity contribution is 9.10. The first-order chi connectivity index (χ1) is 9.10. The molecular formula is C14H17BrFNO2. The molecule has 0 bridgehead atoms. The van der Waals surface area contributed by atoms with E-state index >= 15 is 0 Å². The third kappa shape index (κ3) is 3.84. The number of Topliss-reactive ketones (excluding diaryl/α,β-unsaturated/α-hetero) is 1. The summed E-state index contributed by atoms with van der Waals surface area (Å²) >= 11 is 3.20. The fraction of sp³-hybridized carbons (Fsp3) is 0.500. The molecule has 1 heterocycles. The number of hydrogen-bond acceptors (Lipinski definition) is 3. The van der Waals surface area contributed by atoms with E-state index in [1.165, 1.54) is 6.07 Å². The van der Waals surface area contributed by atoms with Crippen LogP contribution in [0.15, 0.2) is 22.7 Å². The molecule has 1 atom stereocenters. The number of ether oxygens (including phenoxy) is 1. The zero-order valence-electron chi connectivity index (χ0n) is 10.9. The molecule has 0 saturated carbocycles. The average Bonchev–Trinajstić information content (AvgIpc) is 2.42. The third-order valence-corrected chi connectivity index (χ3v) is 3.83. The fourth-order valence-corrected chi connectivity index (χ4v) is 2.48. The summed E-state index contributed by atoms with van der Waals surface area (Å²) in [6, 6.07) is 4.76. The number of hydrogen-bond donors (Lipinski definition) is 0. The first kappa shape index (κ1) is 14.6. The topological polar surface area (TPSA) is 29.5 Å². The molecule has 1 aliphatic rings. The Hall–Kier alpha value is -0.780. The van der Waals surface area contributed by atoms with Crippen LogP contribution < -0.4 is 0 Å². The van der Waals surface area contributed by atoms with Crippen LogP contribution in [0.1, 0.15) is 12.5 Å². The predicted octanol–water partition coefficient (Wildman–Crippen LogP) is 2.42. The van der Waals surface area contributed by atoms with Crippen LogP contribution in [-0.2, 0) is 16.0 Å². The molecule has 0 aromatic heterocycles. The first-order valence-electron chi connectivity index (χ1n) is 6.40. The van der Waals surface area contributed by atoms with Gasteiger partial charge in [0.25, 0.3) is 0 Å². The van der Waals surface area contributed by atoms with Crippen LogP contribution in [0.4, 0.5) is 4.39 Å². The van der Waals surface area contributed by atoms with E-state index in [2.05, 4.69) is 27.8 Å². The van der Waals surface area contributed by atoms with Gasteiger partial charge in [0.15, 0.2) is 5.78 Å². The van der Waals surface area contributed by atoms with Crippen molar-refractivity contribution < 1.29 is 13.9 Å². The van der Waals surface area contributed by atoms with Gasteiger partial charge in [0, 0.05) is 24.0 Å². The number of carbonyl (C=O) groups is 1. The highest BCUT2D eigenvalue weighted by Crippen LogP contribution is 2.17. The lowest BCUT2D eigenvalue weighted by atomic mass is 10.0. The molecule has 1 fully saturated rings. The fourth-order valence-electron chi connectivity index (χ4n) is 2.15. The normalized spacial score (nSPS) is 20.5. The van der Waals surface area contributed by atoms with E-state index in [9.17, 15) is 9.18 Å². The lowest BCUT2D eigenvalue weighted by molar-refractivity contribution is -0.135. The second-order valence-corrected chi connectivity index (χ2v) is 5.55. The predicted molar refractivity (Wildman–Crippen MR) is 74.7 cm³/mol. The second kappa shape index (κ2) is 6.59. The monoisotopic (exact) mass is 329 g/mol. The Morgan fingerprint density at radius 3 is 3.05 bits per heavy atom. The van der Waals surface area contributed by atoms with Gasteiger partial charge < -0.3 is 4.74 Å². The van der Waals surface area contributed by atoms with E-state index in [0.29, 0.717) is 23.2 Å². The minimum absolute atomic E-state index is 0.0561. The first-order valence-corrected chi connectivity index (χ1v) is 7.20. The molecule has 5 heteroatoms. The van der Waals surface area contributed by atoms with Crippen LogP contribution in [0, 0.1) is 5.82 Å². The number of ketones is 1. The maximum atomic E-state index is 13.7. The Kier molecular flexibility index (Phi) is 5.07. The molecule has 0 N–H and O–H groups in total. The Labute approximate surface area is 120 Å². The van der Waals surface area contributed by atoms with Crippen LogP contribution in [0.3, 0.4) is 0 Å². The number of carbonyl (C=O) groups excluding carboxylic acids is 1. The quantitative estimate of drug-likeness (QED) is 0.849. The lowest BCUT2D eigenvalue weighted by Gasteiger charge is -2.31. The van der Waals surface area contributed by atoms with Crippen LogP contribution in [0.25, 0.3) is 0 Å². The second-order valence-electron chi connectivity index (χ2n) is 4.63. The van der Waals surface area contributed by atoms with Gasteiger partial charge in [-0.2, -0.15) is 0 Å². The molecule has 1 aromatic rings. The summed E-state index contributed by atoms with van der Waals surface area (Å²) in [5, 5.41) is 0. The number of morpholine rings is 1. The lowest BCUT2D eigenvalue weighted by Crippen LogP contribution is -2.46. The number of nitrogens with zero attached hydrogens (tertiary/aromatic N) is 1. The molecule has 1 aliphatic heterocycles. The Bertz CT molecular complexity index is 467. The van der Waals surface area contributed by atoms with Gasteiger partial charge in [0.1, 0.15) is 11.9 Å². The zero-order chi connectivity index (χ0) is 13.8. The van der Waals surface area contributed by atoms with Crippen molar-refractivity contribution in [2.24, 2.45) is 0 Å². The van der Waals surface area contributed by atoms with Crippen molar-refractivity contribution in [3.63, 3.8) is 0 Å². The van der Waals surface area contributed by atoms with E-state index < -0.39 is 6.10 Å². The van der Waals surface area contributed by atoms with Gasteiger partial charge in [0.05, 0.1) is 6.61 Å². The van der Waals surface area contributed by atoms with E-state index in [-0.39, 0.29) is 18.0 Å². The van der Waals surface area contributed by atoms with Gasteiger partial charge in [0.2, 0.25) is 0 Å². The van der Waals surface area contributed by atoms with Gasteiger partial charge in [-0.25, -0.2) is 4.39 Å². The summed E-state index contributed by atoms with van der Waals surface area (Å²) in [5.41, 5.74) is 0.422. The van der Waals surface area contributed by atoms with Crippen molar-refractivity contribution >= 4 is 21.7 Å². The molecule has 19 heavy (non-hydrogen) atoms. The van der Waals surface area contributed by atoms with Gasteiger partial charge in [-0.05, 0) is 24.2 Å². The summed E-state index contributed by atoms with van der Waals surface area (Å²) in [6.07, 6.45) is -0.349.